The number of hydrogen-bond acceptors (Lipinski definition) is 6. The van der Waals surface area contributed by atoms with Crippen LogP contribution >= 0.6 is 0 Å². The van der Waals surface area contributed by atoms with Gasteiger partial charge in [0, 0.05) is 25.5 Å². The summed E-state index contributed by atoms with van der Waals surface area (Å²) >= 11 is 0. The molecule has 7 heteroatoms. The molecule has 24 heavy (non-hydrogen) atoms. The Kier molecular flexibility index (Phi) is 3.60. The maximum atomic E-state index is 12.7. The number of carbonyl (C=O) groups excluding carboxylic acids is 1. The van der Waals surface area contributed by atoms with Crippen LogP contribution < -0.4 is 5.73 Å². The van der Waals surface area contributed by atoms with Gasteiger partial charge in [-0.05, 0) is 25.0 Å². The number of likely N-dealkylation sites (tertiary alicyclic amines) is 1. The third-order valence-electron chi connectivity index (χ3n) is 4.30. The SMILES string of the molecule is Nc1nccnc1C(=O)N1CCCC(c2nc3ccccc3o2)C1. The summed E-state index contributed by atoms with van der Waals surface area (Å²) in [7, 11) is 0. The molecule has 1 aromatic carbocycles. The zero-order chi connectivity index (χ0) is 16.5. The second-order valence-electron chi connectivity index (χ2n) is 5.90. The van der Waals surface area contributed by atoms with E-state index in [4.69, 9.17) is 10.2 Å². The molecule has 3 aromatic rings. The van der Waals surface area contributed by atoms with Gasteiger partial charge in [-0.1, -0.05) is 12.1 Å². The lowest BCUT2D eigenvalue weighted by Gasteiger charge is -2.31. The topological polar surface area (TPSA) is 98.1 Å². The fourth-order valence-corrected chi connectivity index (χ4v) is 3.09. The van der Waals surface area contributed by atoms with Crippen LogP contribution in [0.1, 0.15) is 35.1 Å². The number of piperidine rings is 1. The number of benzene rings is 1. The van der Waals surface area contributed by atoms with Crippen molar-refractivity contribution in [2.24, 2.45) is 0 Å². The highest BCUT2D eigenvalue weighted by Gasteiger charge is 2.30. The first-order valence-electron chi connectivity index (χ1n) is 7.93. The van der Waals surface area contributed by atoms with Crippen LogP contribution in [0.25, 0.3) is 11.1 Å². The van der Waals surface area contributed by atoms with Gasteiger partial charge in [0.05, 0.1) is 5.92 Å². The van der Waals surface area contributed by atoms with E-state index in [1.54, 1.807) is 4.90 Å². The number of amides is 1. The lowest BCUT2D eigenvalue weighted by molar-refractivity contribution is 0.0693. The summed E-state index contributed by atoms with van der Waals surface area (Å²) in [4.78, 5) is 27.0. The second kappa shape index (κ2) is 5.92. The van der Waals surface area contributed by atoms with Gasteiger partial charge in [-0.25, -0.2) is 15.0 Å². The van der Waals surface area contributed by atoms with Crippen LogP contribution in [0.15, 0.2) is 41.1 Å². The third kappa shape index (κ3) is 2.58. The minimum atomic E-state index is -0.193. The molecule has 1 saturated heterocycles. The average molecular weight is 323 g/mol. The molecule has 0 bridgehead atoms. The van der Waals surface area contributed by atoms with Crippen molar-refractivity contribution in [2.45, 2.75) is 18.8 Å². The molecule has 1 aliphatic rings. The van der Waals surface area contributed by atoms with E-state index in [9.17, 15) is 4.79 Å². The molecule has 4 rings (SSSR count). The van der Waals surface area contributed by atoms with Crippen molar-refractivity contribution in [3.63, 3.8) is 0 Å². The van der Waals surface area contributed by atoms with E-state index < -0.39 is 0 Å². The predicted molar refractivity (Wildman–Crippen MR) is 88.3 cm³/mol. The Morgan fingerprint density at radius 1 is 1.25 bits per heavy atom. The van der Waals surface area contributed by atoms with Crippen molar-refractivity contribution in [1.82, 2.24) is 19.9 Å². The first-order chi connectivity index (χ1) is 11.7. The number of hydrogen-bond donors (Lipinski definition) is 1. The number of nitrogen functional groups attached to an aromatic ring is 1. The number of nitrogens with zero attached hydrogens (tertiary/aromatic N) is 4. The zero-order valence-corrected chi connectivity index (χ0v) is 13.1. The molecular formula is C17H17N5O2. The third-order valence-corrected chi connectivity index (χ3v) is 4.30. The predicted octanol–water partition coefficient (Wildman–Crippen LogP) is 2.22. The minimum absolute atomic E-state index is 0.0768. The summed E-state index contributed by atoms with van der Waals surface area (Å²) in [5.74, 6) is 0.724. The highest BCUT2D eigenvalue weighted by atomic mass is 16.3. The molecule has 7 nitrogen and oxygen atoms in total. The Labute approximate surface area is 138 Å². The molecule has 0 aliphatic carbocycles. The molecule has 1 fully saturated rings. The summed E-state index contributed by atoms with van der Waals surface area (Å²) in [5, 5.41) is 0. The summed E-state index contributed by atoms with van der Waals surface area (Å²) in [6, 6.07) is 7.68. The van der Waals surface area contributed by atoms with E-state index in [-0.39, 0.29) is 23.3 Å². The molecular weight excluding hydrogens is 306 g/mol. The maximum absolute atomic E-state index is 12.7. The average Bonchev–Trinajstić information content (AvgIpc) is 3.06. The minimum Gasteiger partial charge on any atom is -0.440 e. The van der Waals surface area contributed by atoms with E-state index in [1.165, 1.54) is 12.4 Å². The molecule has 2 aromatic heterocycles. The van der Waals surface area contributed by atoms with Gasteiger partial charge in [0.25, 0.3) is 5.91 Å². The van der Waals surface area contributed by atoms with E-state index in [1.807, 2.05) is 24.3 Å². The number of para-hydroxylation sites is 2. The summed E-state index contributed by atoms with van der Waals surface area (Å²) in [6.07, 6.45) is 4.77. The number of anilines is 1. The number of oxazole rings is 1. The molecule has 1 amide bonds. The van der Waals surface area contributed by atoms with Gasteiger partial charge in [0.2, 0.25) is 0 Å². The van der Waals surface area contributed by atoms with Gasteiger partial charge in [-0.15, -0.1) is 0 Å². The van der Waals surface area contributed by atoms with Crippen molar-refractivity contribution < 1.29 is 9.21 Å². The Balaban J connectivity index is 1.57. The smallest absolute Gasteiger partial charge is 0.276 e. The van der Waals surface area contributed by atoms with Crippen molar-refractivity contribution >= 4 is 22.8 Å². The number of nitrogens with two attached hydrogens (primary N) is 1. The van der Waals surface area contributed by atoms with Gasteiger partial charge in [0.1, 0.15) is 5.52 Å². The fraction of sp³-hybridized carbons (Fsp3) is 0.294. The largest absolute Gasteiger partial charge is 0.440 e. The molecule has 0 saturated carbocycles. The molecule has 1 atom stereocenters. The molecule has 122 valence electrons. The van der Waals surface area contributed by atoms with Gasteiger partial charge in [-0.3, -0.25) is 4.79 Å². The standard InChI is InChI=1S/C17H17N5O2/c18-15-14(19-7-8-20-15)17(23)22-9-3-4-11(10-22)16-21-12-5-1-2-6-13(12)24-16/h1-2,5-8,11H,3-4,9-10H2,(H2,18,20). The van der Waals surface area contributed by atoms with Gasteiger partial charge >= 0.3 is 0 Å². The van der Waals surface area contributed by atoms with Crippen molar-refractivity contribution in [1.29, 1.82) is 0 Å². The first-order valence-corrected chi connectivity index (χ1v) is 7.93. The Morgan fingerprint density at radius 2 is 2.08 bits per heavy atom. The Hall–Kier alpha value is -2.96. The molecule has 2 N–H and O–H groups in total. The van der Waals surface area contributed by atoms with Crippen LogP contribution in [-0.4, -0.2) is 38.8 Å². The second-order valence-corrected chi connectivity index (χ2v) is 5.90. The van der Waals surface area contributed by atoms with Crippen LogP contribution in [0.2, 0.25) is 0 Å². The zero-order valence-electron chi connectivity index (χ0n) is 13.1. The van der Waals surface area contributed by atoms with Crippen molar-refractivity contribution in [2.75, 3.05) is 18.8 Å². The maximum Gasteiger partial charge on any atom is 0.276 e. The number of carbonyl (C=O) groups is 1. The Bertz CT molecular complexity index is 858. The van der Waals surface area contributed by atoms with Crippen LogP contribution in [0.5, 0.6) is 0 Å². The first kappa shape index (κ1) is 14.6. The highest BCUT2D eigenvalue weighted by Crippen LogP contribution is 2.29. The number of aromatic nitrogens is 3. The molecule has 0 radical (unpaired) electrons. The van der Waals surface area contributed by atoms with Gasteiger partial charge in [0.15, 0.2) is 23.0 Å². The normalized spacial score (nSPS) is 18.0. The summed E-state index contributed by atoms with van der Waals surface area (Å²) in [5.41, 5.74) is 7.59. The lowest BCUT2D eigenvalue weighted by atomic mass is 9.97. The summed E-state index contributed by atoms with van der Waals surface area (Å²) in [6.45, 7) is 1.22. The van der Waals surface area contributed by atoms with Crippen LogP contribution in [0.4, 0.5) is 5.82 Å². The van der Waals surface area contributed by atoms with Crippen LogP contribution in [0, 0.1) is 0 Å². The summed E-state index contributed by atoms with van der Waals surface area (Å²) < 4.78 is 5.86. The molecule has 3 heterocycles. The van der Waals surface area contributed by atoms with Gasteiger partial charge < -0.3 is 15.1 Å². The van der Waals surface area contributed by atoms with E-state index >= 15 is 0 Å². The molecule has 1 aliphatic heterocycles. The van der Waals surface area contributed by atoms with Gasteiger partial charge in [-0.2, -0.15) is 0 Å². The van der Waals surface area contributed by atoms with E-state index in [2.05, 4.69) is 15.0 Å². The number of rotatable bonds is 2. The lowest BCUT2D eigenvalue weighted by Crippen LogP contribution is -2.40. The number of fused-ring (bicyclic) bond motifs is 1. The fourth-order valence-electron chi connectivity index (χ4n) is 3.09. The highest BCUT2D eigenvalue weighted by molar-refractivity contribution is 5.96. The Morgan fingerprint density at radius 3 is 2.92 bits per heavy atom. The van der Waals surface area contributed by atoms with E-state index in [0.29, 0.717) is 19.0 Å². The quantitative estimate of drug-likeness (QED) is 0.776. The van der Waals surface area contributed by atoms with Crippen LogP contribution in [-0.2, 0) is 0 Å². The van der Waals surface area contributed by atoms with Crippen molar-refractivity contribution in [3.05, 3.63) is 48.2 Å². The molecule has 0 spiro atoms. The molecule has 1 unspecified atom stereocenters. The van der Waals surface area contributed by atoms with Crippen LogP contribution in [0.3, 0.4) is 0 Å². The van der Waals surface area contributed by atoms with E-state index in [0.717, 1.165) is 23.9 Å². The monoisotopic (exact) mass is 323 g/mol. The van der Waals surface area contributed by atoms with Crippen molar-refractivity contribution in [3.8, 4) is 0 Å².